The smallest absolute Gasteiger partial charge is 0.165 e. The summed E-state index contributed by atoms with van der Waals surface area (Å²) in [6, 6.07) is 19.4. The van der Waals surface area contributed by atoms with Crippen LogP contribution in [0.1, 0.15) is 11.1 Å². The molecule has 3 rings (SSSR count). The van der Waals surface area contributed by atoms with E-state index in [2.05, 4.69) is 10.0 Å². The van der Waals surface area contributed by atoms with Gasteiger partial charge in [0.15, 0.2) is 6.23 Å². The van der Waals surface area contributed by atoms with Crippen LogP contribution in [0.4, 0.5) is 0 Å². The van der Waals surface area contributed by atoms with Crippen molar-refractivity contribution in [1.82, 2.24) is 0 Å². The first-order valence-corrected chi connectivity index (χ1v) is 8.43. The van der Waals surface area contributed by atoms with Crippen molar-refractivity contribution in [2.75, 3.05) is 6.61 Å². The Bertz CT molecular complexity index is 722. The zero-order chi connectivity index (χ0) is 18.2. The van der Waals surface area contributed by atoms with Crippen LogP contribution in [0.3, 0.4) is 0 Å². The van der Waals surface area contributed by atoms with E-state index in [9.17, 15) is 5.11 Å². The number of azide groups is 1. The normalized spacial score (nSPS) is 25.4. The molecule has 26 heavy (non-hydrogen) atoms. The van der Waals surface area contributed by atoms with E-state index in [4.69, 9.17) is 19.7 Å². The van der Waals surface area contributed by atoms with Gasteiger partial charge in [0.1, 0.15) is 18.3 Å². The highest BCUT2D eigenvalue weighted by Gasteiger charge is 2.40. The Morgan fingerprint density at radius 2 is 1.58 bits per heavy atom. The van der Waals surface area contributed by atoms with E-state index >= 15 is 0 Å². The molecule has 0 bridgehead atoms. The van der Waals surface area contributed by atoms with E-state index in [-0.39, 0.29) is 6.61 Å². The second kappa shape index (κ2) is 9.33. The number of aliphatic hydroxyl groups is 1. The third kappa shape index (κ3) is 4.82. The Hall–Kier alpha value is -2.41. The van der Waals surface area contributed by atoms with Gasteiger partial charge in [-0.1, -0.05) is 65.8 Å². The number of rotatable bonds is 7. The van der Waals surface area contributed by atoms with Crippen LogP contribution in [0.25, 0.3) is 10.4 Å². The van der Waals surface area contributed by atoms with Gasteiger partial charge in [0.05, 0.1) is 19.8 Å². The van der Waals surface area contributed by atoms with Crippen molar-refractivity contribution in [2.24, 2.45) is 5.11 Å². The lowest BCUT2D eigenvalue weighted by molar-refractivity contribution is -0.221. The summed E-state index contributed by atoms with van der Waals surface area (Å²) in [5.74, 6) is 0. The van der Waals surface area contributed by atoms with Crippen molar-refractivity contribution in [3.05, 3.63) is 82.2 Å². The largest absolute Gasteiger partial charge is 0.387 e. The fraction of sp³-hybridized carbons (Fsp3) is 0.368. The first-order chi connectivity index (χ1) is 12.8. The molecule has 0 unspecified atom stereocenters. The van der Waals surface area contributed by atoms with Crippen LogP contribution < -0.4 is 0 Å². The van der Waals surface area contributed by atoms with Crippen LogP contribution in [-0.4, -0.2) is 36.3 Å². The standard InChI is InChI=1S/C19H21N3O4/c20-22-21-19-17(23)18(25-12-15-9-5-2-6-10-15)16(13-26-19)24-11-14-7-3-1-4-8-14/h1-10,16-19,23H,11-13H2/t16-,17-,18+,19-/m1/s1. The van der Waals surface area contributed by atoms with Gasteiger partial charge in [-0.2, -0.15) is 0 Å². The molecule has 1 fully saturated rings. The van der Waals surface area contributed by atoms with Gasteiger partial charge in [0.2, 0.25) is 0 Å². The van der Waals surface area contributed by atoms with E-state index in [1.54, 1.807) is 0 Å². The zero-order valence-corrected chi connectivity index (χ0v) is 14.2. The first-order valence-electron chi connectivity index (χ1n) is 8.43. The maximum atomic E-state index is 10.5. The number of hydrogen-bond donors (Lipinski definition) is 1. The lowest BCUT2D eigenvalue weighted by Gasteiger charge is -2.38. The first kappa shape index (κ1) is 18.4. The van der Waals surface area contributed by atoms with Crippen molar-refractivity contribution in [3.8, 4) is 0 Å². The summed E-state index contributed by atoms with van der Waals surface area (Å²) in [5.41, 5.74) is 10.6. The van der Waals surface area contributed by atoms with Crippen molar-refractivity contribution in [1.29, 1.82) is 0 Å². The van der Waals surface area contributed by atoms with Gasteiger partial charge in [-0.15, -0.1) is 0 Å². The number of aliphatic hydroxyl groups excluding tert-OH is 1. The van der Waals surface area contributed by atoms with Crippen LogP contribution in [0.5, 0.6) is 0 Å². The Labute approximate surface area is 151 Å². The summed E-state index contributed by atoms with van der Waals surface area (Å²) in [5, 5.41) is 14.0. The maximum absolute atomic E-state index is 10.5. The Morgan fingerprint density at radius 1 is 1.00 bits per heavy atom. The molecule has 7 nitrogen and oxygen atoms in total. The van der Waals surface area contributed by atoms with Gasteiger partial charge in [-0.25, -0.2) is 0 Å². The summed E-state index contributed by atoms with van der Waals surface area (Å²) >= 11 is 0. The number of benzene rings is 2. The molecule has 1 aliphatic heterocycles. The molecule has 1 saturated heterocycles. The summed E-state index contributed by atoms with van der Waals surface area (Å²) in [4.78, 5) is 2.72. The minimum absolute atomic E-state index is 0.174. The van der Waals surface area contributed by atoms with Gasteiger partial charge in [0.25, 0.3) is 0 Å². The van der Waals surface area contributed by atoms with Crippen LogP contribution in [0, 0.1) is 0 Å². The Morgan fingerprint density at radius 3 is 2.15 bits per heavy atom. The summed E-state index contributed by atoms with van der Waals surface area (Å²) < 4.78 is 17.3. The molecule has 136 valence electrons. The van der Waals surface area contributed by atoms with Gasteiger partial charge in [-0.3, -0.25) is 0 Å². The molecule has 1 aliphatic rings. The van der Waals surface area contributed by atoms with E-state index in [1.807, 2.05) is 60.7 Å². The summed E-state index contributed by atoms with van der Waals surface area (Å²) in [7, 11) is 0. The molecule has 0 aromatic heterocycles. The lowest BCUT2D eigenvalue weighted by Crippen LogP contribution is -2.54. The van der Waals surface area contributed by atoms with Crippen LogP contribution >= 0.6 is 0 Å². The highest BCUT2D eigenvalue weighted by molar-refractivity contribution is 5.14. The topological polar surface area (TPSA) is 96.7 Å². The molecule has 2 aromatic rings. The maximum Gasteiger partial charge on any atom is 0.165 e. The molecule has 0 aliphatic carbocycles. The van der Waals surface area contributed by atoms with Crippen molar-refractivity contribution >= 4 is 0 Å². The third-order valence-electron chi connectivity index (χ3n) is 4.18. The fourth-order valence-corrected chi connectivity index (χ4v) is 2.81. The van der Waals surface area contributed by atoms with Gasteiger partial charge >= 0.3 is 0 Å². The second-order valence-electron chi connectivity index (χ2n) is 6.02. The van der Waals surface area contributed by atoms with E-state index in [0.717, 1.165) is 11.1 Å². The highest BCUT2D eigenvalue weighted by Crippen LogP contribution is 2.24. The molecule has 7 heteroatoms. The Kier molecular flexibility index (Phi) is 6.60. The molecule has 0 radical (unpaired) electrons. The second-order valence-corrected chi connectivity index (χ2v) is 6.02. The van der Waals surface area contributed by atoms with Crippen molar-refractivity contribution in [2.45, 2.75) is 37.8 Å². The van der Waals surface area contributed by atoms with Crippen LogP contribution in [-0.2, 0) is 27.4 Å². The van der Waals surface area contributed by atoms with Crippen molar-refractivity contribution in [3.63, 3.8) is 0 Å². The molecule has 0 saturated carbocycles. The molecule has 1 N–H and O–H groups in total. The van der Waals surface area contributed by atoms with E-state index in [0.29, 0.717) is 13.2 Å². The average molecular weight is 355 g/mol. The van der Waals surface area contributed by atoms with Gasteiger partial charge in [-0.05, 0) is 16.7 Å². The molecular weight excluding hydrogens is 334 g/mol. The average Bonchev–Trinajstić information content (AvgIpc) is 2.69. The van der Waals surface area contributed by atoms with Crippen molar-refractivity contribution < 1.29 is 19.3 Å². The number of hydrogen-bond acceptors (Lipinski definition) is 5. The Balaban J connectivity index is 1.67. The predicted molar refractivity (Wildman–Crippen MR) is 94.9 cm³/mol. The minimum atomic E-state index is -1.11. The molecule has 0 spiro atoms. The lowest BCUT2D eigenvalue weighted by atomic mass is 10.0. The minimum Gasteiger partial charge on any atom is -0.387 e. The predicted octanol–water partition coefficient (Wildman–Crippen LogP) is 3.18. The van der Waals surface area contributed by atoms with Gasteiger partial charge in [0, 0.05) is 4.91 Å². The summed E-state index contributed by atoms with van der Waals surface area (Å²) in [6.07, 6.45) is -3.23. The number of nitrogens with zero attached hydrogens (tertiary/aromatic N) is 3. The molecule has 4 atom stereocenters. The quantitative estimate of drug-likeness (QED) is 0.468. The SMILES string of the molecule is [N-]=[N+]=N[C@@H]1OC[C@@H](OCc2ccccc2)[C@H](OCc2ccccc2)[C@H]1O. The molecule has 2 aromatic carbocycles. The molecule has 0 amide bonds. The zero-order valence-electron chi connectivity index (χ0n) is 14.2. The summed E-state index contributed by atoms with van der Waals surface area (Å²) in [6.45, 7) is 0.864. The van der Waals surface area contributed by atoms with Gasteiger partial charge < -0.3 is 19.3 Å². The highest BCUT2D eigenvalue weighted by atomic mass is 16.6. The third-order valence-corrected chi connectivity index (χ3v) is 4.18. The van der Waals surface area contributed by atoms with E-state index < -0.39 is 24.5 Å². The van der Waals surface area contributed by atoms with Crippen LogP contribution in [0.15, 0.2) is 65.8 Å². The fourth-order valence-electron chi connectivity index (χ4n) is 2.81. The van der Waals surface area contributed by atoms with E-state index in [1.165, 1.54) is 0 Å². The number of ether oxygens (including phenoxy) is 3. The monoisotopic (exact) mass is 355 g/mol. The van der Waals surface area contributed by atoms with Crippen LogP contribution in [0.2, 0.25) is 0 Å². The molecular formula is C19H21N3O4. The molecule has 1 heterocycles.